The molecule has 3 N–H and O–H groups in total. The highest BCUT2D eigenvalue weighted by atomic mass is 32.1. The molecule has 1 fully saturated rings. The van der Waals surface area contributed by atoms with Gasteiger partial charge in [-0.25, -0.2) is 20.8 Å². The predicted molar refractivity (Wildman–Crippen MR) is 80.8 cm³/mol. The Kier molecular flexibility index (Phi) is 3.54. The lowest BCUT2D eigenvalue weighted by molar-refractivity contribution is 0.856. The van der Waals surface area contributed by atoms with Gasteiger partial charge in [0.2, 0.25) is 0 Å². The van der Waals surface area contributed by atoms with E-state index in [1.807, 2.05) is 25.5 Å². The van der Waals surface area contributed by atoms with Gasteiger partial charge in [0.15, 0.2) is 0 Å². The van der Waals surface area contributed by atoms with Crippen LogP contribution in [0.3, 0.4) is 0 Å². The summed E-state index contributed by atoms with van der Waals surface area (Å²) in [7, 11) is 2.03. The normalized spacial score (nSPS) is 14.3. The number of anilines is 2. The molecule has 0 radical (unpaired) electrons. The Bertz CT molecular complexity index is 607. The van der Waals surface area contributed by atoms with Crippen molar-refractivity contribution in [3.63, 3.8) is 0 Å². The smallest absolute Gasteiger partial charge is 0.145 e. The van der Waals surface area contributed by atoms with E-state index in [9.17, 15) is 0 Å². The van der Waals surface area contributed by atoms with Crippen LogP contribution in [0.5, 0.6) is 0 Å². The van der Waals surface area contributed by atoms with Gasteiger partial charge in [0, 0.05) is 23.9 Å². The zero-order chi connectivity index (χ0) is 14.1. The summed E-state index contributed by atoms with van der Waals surface area (Å²) in [6.45, 7) is 2.82. The monoisotopic (exact) mass is 290 g/mol. The maximum Gasteiger partial charge on any atom is 0.145 e. The van der Waals surface area contributed by atoms with Crippen LogP contribution in [0.1, 0.15) is 35.2 Å². The Labute approximate surface area is 122 Å². The van der Waals surface area contributed by atoms with Crippen molar-refractivity contribution in [3.8, 4) is 0 Å². The number of nitrogens with one attached hydrogen (secondary N) is 1. The molecular formula is C13H18N6S. The Balaban J connectivity index is 1.84. The van der Waals surface area contributed by atoms with E-state index in [0.29, 0.717) is 11.7 Å². The summed E-state index contributed by atoms with van der Waals surface area (Å²) in [5.74, 6) is 8.46. The molecule has 2 aromatic rings. The summed E-state index contributed by atoms with van der Waals surface area (Å²) < 4.78 is 0. The Morgan fingerprint density at radius 2 is 2.25 bits per heavy atom. The number of nitrogens with two attached hydrogens (primary N) is 1. The van der Waals surface area contributed by atoms with Crippen LogP contribution in [0.2, 0.25) is 0 Å². The molecule has 1 saturated carbocycles. The van der Waals surface area contributed by atoms with Crippen molar-refractivity contribution in [2.45, 2.75) is 32.2 Å². The molecule has 0 saturated heterocycles. The van der Waals surface area contributed by atoms with Gasteiger partial charge < -0.3 is 10.3 Å². The number of nitrogens with zero attached hydrogens (tertiary/aromatic N) is 4. The van der Waals surface area contributed by atoms with E-state index in [1.54, 1.807) is 11.3 Å². The Morgan fingerprint density at radius 1 is 1.45 bits per heavy atom. The minimum Gasteiger partial charge on any atom is -0.354 e. The minimum atomic E-state index is 0.501. The van der Waals surface area contributed by atoms with Crippen LogP contribution in [-0.2, 0) is 6.54 Å². The van der Waals surface area contributed by atoms with Crippen LogP contribution in [0.25, 0.3) is 0 Å². The van der Waals surface area contributed by atoms with Gasteiger partial charge in [-0.3, -0.25) is 0 Å². The van der Waals surface area contributed by atoms with E-state index in [2.05, 4.69) is 25.3 Å². The minimum absolute atomic E-state index is 0.501. The summed E-state index contributed by atoms with van der Waals surface area (Å²) in [5.41, 5.74) is 5.58. The molecule has 0 bridgehead atoms. The SMILES string of the molecule is Cc1ncsc1CN(C)c1cc(NN)nc(C2CC2)n1. The molecule has 1 aliphatic carbocycles. The van der Waals surface area contributed by atoms with Crippen LogP contribution in [-0.4, -0.2) is 22.0 Å². The fourth-order valence-electron chi connectivity index (χ4n) is 2.02. The average Bonchev–Trinajstić information content (AvgIpc) is 3.24. The molecule has 7 heteroatoms. The summed E-state index contributed by atoms with van der Waals surface area (Å²) in [5, 5.41) is 0. The van der Waals surface area contributed by atoms with Gasteiger partial charge in [-0.15, -0.1) is 11.3 Å². The van der Waals surface area contributed by atoms with E-state index in [4.69, 9.17) is 5.84 Å². The largest absolute Gasteiger partial charge is 0.354 e. The van der Waals surface area contributed by atoms with Gasteiger partial charge in [0.25, 0.3) is 0 Å². The molecule has 20 heavy (non-hydrogen) atoms. The standard InChI is InChI=1S/C13H18N6S/c1-8-10(20-7-15-8)6-19(2)12-5-11(18-14)16-13(17-12)9-3-4-9/h5,7,9H,3-4,6,14H2,1-2H3,(H,16,17,18). The molecule has 0 amide bonds. The van der Waals surface area contributed by atoms with Crippen LogP contribution in [0.4, 0.5) is 11.6 Å². The number of hydrazine groups is 1. The summed E-state index contributed by atoms with van der Waals surface area (Å²) in [6.07, 6.45) is 2.34. The molecule has 6 nitrogen and oxygen atoms in total. The lowest BCUT2D eigenvalue weighted by Gasteiger charge is -2.19. The second-order valence-corrected chi connectivity index (χ2v) is 6.04. The first kappa shape index (κ1) is 13.3. The first-order valence-electron chi connectivity index (χ1n) is 6.63. The predicted octanol–water partition coefficient (Wildman–Crippen LogP) is 2.04. The molecule has 0 aliphatic heterocycles. The second-order valence-electron chi connectivity index (χ2n) is 5.11. The van der Waals surface area contributed by atoms with Gasteiger partial charge in [-0.1, -0.05) is 0 Å². The zero-order valence-electron chi connectivity index (χ0n) is 11.6. The number of nitrogen functional groups attached to an aromatic ring is 1. The van der Waals surface area contributed by atoms with Gasteiger partial charge in [0.1, 0.15) is 17.5 Å². The molecule has 3 rings (SSSR count). The van der Waals surface area contributed by atoms with Crippen molar-refractivity contribution < 1.29 is 0 Å². The second kappa shape index (κ2) is 5.34. The summed E-state index contributed by atoms with van der Waals surface area (Å²) >= 11 is 1.67. The average molecular weight is 290 g/mol. The molecule has 0 aromatic carbocycles. The van der Waals surface area contributed by atoms with Crippen LogP contribution in [0.15, 0.2) is 11.6 Å². The molecule has 0 spiro atoms. The van der Waals surface area contributed by atoms with Gasteiger partial charge >= 0.3 is 0 Å². The molecule has 2 heterocycles. The van der Waals surface area contributed by atoms with Crippen molar-refractivity contribution >= 4 is 23.0 Å². The fourth-order valence-corrected chi connectivity index (χ4v) is 2.85. The maximum atomic E-state index is 5.50. The van der Waals surface area contributed by atoms with E-state index in [1.165, 1.54) is 17.7 Å². The van der Waals surface area contributed by atoms with Crippen LogP contribution in [0, 0.1) is 6.92 Å². The van der Waals surface area contributed by atoms with Gasteiger partial charge in [0.05, 0.1) is 17.7 Å². The lowest BCUT2D eigenvalue weighted by atomic mass is 10.3. The zero-order valence-corrected chi connectivity index (χ0v) is 12.4. The Hall–Kier alpha value is -1.73. The first-order chi connectivity index (χ1) is 9.67. The molecule has 0 atom stereocenters. The third-order valence-corrected chi connectivity index (χ3v) is 4.36. The number of hydrogen-bond donors (Lipinski definition) is 2. The number of aromatic nitrogens is 3. The highest BCUT2D eigenvalue weighted by Gasteiger charge is 2.27. The van der Waals surface area contributed by atoms with Crippen LogP contribution < -0.4 is 16.2 Å². The number of hydrogen-bond acceptors (Lipinski definition) is 7. The van der Waals surface area contributed by atoms with Crippen LogP contribution >= 0.6 is 11.3 Å². The lowest BCUT2D eigenvalue weighted by Crippen LogP contribution is -2.20. The number of aryl methyl sites for hydroxylation is 1. The third-order valence-electron chi connectivity index (χ3n) is 3.44. The van der Waals surface area contributed by atoms with Gasteiger partial charge in [-0.05, 0) is 19.8 Å². The summed E-state index contributed by atoms with van der Waals surface area (Å²) in [6, 6.07) is 1.88. The molecule has 2 aromatic heterocycles. The highest BCUT2D eigenvalue weighted by Crippen LogP contribution is 2.39. The van der Waals surface area contributed by atoms with Crippen molar-refractivity contribution in [2.75, 3.05) is 17.4 Å². The molecular weight excluding hydrogens is 272 g/mol. The number of thiazole rings is 1. The molecule has 1 aliphatic rings. The van der Waals surface area contributed by atoms with E-state index in [-0.39, 0.29) is 0 Å². The van der Waals surface area contributed by atoms with E-state index < -0.39 is 0 Å². The highest BCUT2D eigenvalue weighted by molar-refractivity contribution is 7.09. The fraction of sp³-hybridized carbons (Fsp3) is 0.462. The molecule has 0 unspecified atom stereocenters. The Morgan fingerprint density at radius 3 is 2.85 bits per heavy atom. The number of rotatable bonds is 5. The van der Waals surface area contributed by atoms with Crippen molar-refractivity contribution in [1.29, 1.82) is 0 Å². The van der Waals surface area contributed by atoms with E-state index >= 15 is 0 Å². The van der Waals surface area contributed by atoms with Crippen molar-refractivity contribution in [2.24, 2.45) is 5.84 Å². The maximum absolute atomic E-state index is 5.50. The van der Waals surface area contributed by atoms with Crippen molar-refractivity contribution in [3.05, 3.63) is 28.0 Å². The van der Waals surface area contributed by atoms with E-state index in [0.717, 1.165) is 23.9 Å². The third kappa shape index (κ3) is 2.73. The topological polar surface area (TPSA) is 80.0 Å². The quantitative estimate of drug-likeness (QED) is 0.648. The van der Waals surface area contributed by atoms with Crippen molar-refractivity contribution in [1.82, 2.24) is 15.0 Å². The van der Waals surface area contributed by atoms with Gasteiger partial charge in [-0.2, -0.15) is 0 Å². The molecule has 106 valence electrons. The summed E-state index contributed by atoms with van der Waals surface area (Å²) in [4.78, 5) is 16.7. The first-order valence-corrected chi connectivity index (χ1v) is 7.51.